The minimum atomic E-state index is -0.703. The molecule has 0 unspecified atom stereocenters. The number of aryl methyl sites for hydroxylation is 1. The number of aromatic nitrogens is 3. The number of unbranched alkanes of at least 4 members (excludes halogenated alkanes) is 1. The Morgan fingerprint density at radius 1 is 1.02 bits per heavy atom. The second-order valence-electron chi connectivity index (χ2n) is 9.89. The first kappa shape index (κ1) is 31.7. The number of imidazole rings is 1. The van der Waals surface area contributed by atoms with Crippen molar-refractivity contribution in [1.29, 1.82) is 0 Å². The van der Waals surface area contributed by atoms with E-state index < -0.39 is 6.09 Å². The summed E-state index contributed by atoms with van der Waals surface area (Å²) in [6, 6.07) is 17.8. The third-order valence-corrected chi connectivity index (χ3v) is 6.80. The van der Waals surface area contributed by atoms with E-state index in [9.17, 15) is 14.4 Å². The van der Waals surface area contributed by atoms with Crippen LogP contribution in [0.15, 0.2) is 71.9 Å². The molecule has 2 amide bonds. The number of nitrogens with one attached hydrogen (secondary N) is 1. The van der Waals surface area contributed by atoms with Crippen LogP contribution in [0.3, 0.4) is 0 Å². The zero-order valence-corrected chi connectivity index (χ0v) is 25.2. The van der Waals surface area contributed by atoms with Crippen LogP contribution in [0.4, 0.5) is 16.3 Å². The standard InChI is InChI=1S/C32H37N7O5/c1-4-6-19-44-32(42)37-30(33)22-10-13-24(14-11-22)35-21-28-36-25-20-23(12-15-26(25)38(28)3)31(41)39(18-16-29(40)43-5-2)27-9-7-8-17-34-27/h7-15,17,20,35H,4-6,16,18-19,21H2,1-3H3,(H2,33,37,42). The Kier molecular flexibility index (Phi) is 11.0. The van der Waals surface area contributed by atoms with E-state index in [4.69, 9.17) is 20.2 Å². The van der Waals surface area contributed by atoms with Crippen molar-refractivity contribution < 1.29 is 23.9 Å². The number of anilines is 2. The maximum atomic E-state index is 13.6. The lowest BCUT2D eigenvalue weighted by molar-refractivity contribution is -0.142. The van der Waals surface area contributed by atoms with Gasteiger partial charge in [-0.2, -0.15) is 4.99 Å². The molecule has 12 heteroatoms. The number of hydrogen-bond acceptors (Lipinski definition) is 8. The van der Waals surface area contributed by atoms with Gasteiger partial charge in [0.15, 0.2) is 0 Å². The van der Waals surface area contributed by atoms with Crippen molar-refractivity contribution in [2.45, 2.75) is 39.7 Å². The normalized spacial score (nSPS) is 11.3. The van der Waals surface area contributed by atoms with Crippen molar-refractivity contribution in [2.75, 3.05) is 30.0 Å². The molecular weight excluding hydrogens is 562 g/mol. The van der Waals surface area contributed by atoms with Gasteiger partial charge in [-0.15, -0.1) is 0 Å². The first-order valence-corrected chi connectivity index (χ1v) is 14.5. The minimum Gasteiger partial charge on any atom is -0.466 e. The Morgan fingerprint density at radius 2 is 1.80 bits per heavy atom. The van der Waals surface area contributed by atoms with Crippen molar-refractivity contribution in [3.05, 3.63) is 83.8 Å². The van der Waals surface area contributed by atoms with Gasteiger partial charge in [-0.1, -0.05) is 19.4 Å². The molecular formula is C32H37N7O5. The van der Waals surface area contributed by atoms with Crippen molar-refractivity contribution >= 4 is 46.3 Å². The molecule has 0 aliphatic carbocycles. The van der Waals surface area contributed by atoms with Crippen LogP contribution in [-0.4, -0.2) is 58.1 Å². The zero-order valence-electron chi connectivity index (χ0n) is 25.2. The van der Waals surface area contributed by atoms with Gasteiger partial charge in [-0.3, -0.25) is 14.5 Å². The molecule has 0 bridgehead atoms. The maximum absolute atomic E-state index is 13.6. The molecule has 44 heavy (non-hydrogen) atoms. The monoisotopic (exact) mass is 599 g/mol. The van der Waals surface area contributed by atoms with Crippen LogP contribution in [-0.2, 0) is 27.9 Å². The largest absolute Gasteiger partial charge is 0.466 e. The first-order chi connectivity index (χ1) is 21.3. The summed E-state index contributed by atoms with van der Waals surface area (Å²) in [5, 5.41) is 3.34. The van der Waals surface area contributed by atoms with E-state index in [1.165, 1.54) is 4.90 Å². The van der Waals surface area contributed by atoms with Gasteiger partial charge in [0.2, 0.25) is 0 Å². The smallest absolute Gasteiger partial charge is 0.435 e. The number of amidine groups is 1. The van der Waals surface area contributed by atoms with Crippen LogP contribution in [0.5, 0.6) is 0 Å². The van der Waals surface area contributed by atoms with E-state index >= 15 is 0 Å². The number of hydrogen-bond donors (Lipinski definition) is 2. The fourth-order valence-corrected chi connectivity index (χ4v) is 4.41. The summed E-state index contributed by atoms with van der Waals surface area (Å²) in [7, 11) is 1.91. The molecule has 0 saturated carbocycles. The van der Waals surface area contributed by atoms with E-state index in [1.807, 2.05) is 36.7 Å². The van der Waals surface area contributed by atoms with Crippen LogP contribution in [0.1, 0.15) is 54.9 Å². The van der Waals surface area contributed by atoms with Gasteiger partial charge >= 0.3 is 12.1 Å². The number of benzene rings is 2. The highest BCUT2D eigenvalue weighted by Gasteiger charge is 2.21. The Bertz CT molecular complexity index is 1620. The van der Waals surface area contributed by atoms with Crippen molar-refractivity contribution in [3.63, 3.8) is 0 Å². The van der Waals surface area contributed by atoms with Crippen molar-refractivity contribution in [3.8, 4) is 0 Å². The molecule has 230 valence electrons. The number of nitrogens with zero attached hydrogens (tertiary/aromatic N) is 5. The van der Waals surface area contributed by atoms with Crippen molar-refractivity contribution in [1.82, 2.24) is 14.5 Å². The van der Waals surface area contributed by atoms with E-state index in [1.54, 1.807) is 55.6 Å². The number of ether oxygens (including phenoxy) is 2. The minimum absolute atomic E-state index is 0.0454. The lowest BCUT2D eigenvalue weighted by Crippen LogP contribution is -2.34. The summed E-state index contributed by atoms with van der Waals surface area (Å²) in [6.07, 6.45) is 2.63. The first-order valence-electron chi connectivity index (χ1n) is 14.5. The van der Waals surface area contributed by atoms with Crippen LogP contribution >= 0.6 is 0 Å². The molecule has 0 spiro atoms. The quantitative estimate of drug-likeness (QED) is 0.0952. The van der Waals surface area contributed by atoms with Crippen molar-refractivity contribution in [2.24, 2.45) is 17.8 Å². The van der Waals surface area contributed by atoms with Crippen LogP contribution in [0, 0.1) is 0 Å². The summed E-state index contributed by atoms with van der Waals surface area (Å²) in [4.78, 5) is 51.8. The predicted molar refractivity (Wildman–Crippen MR) is 169 cm³/mol. The predicted octanol–water partition coefficient (Wildman–Crippen LogP) is 4.82. The Morgan fingerprint density at radius 3 is 2.50 bits per heavy atom. The number of aliphatic imine (C=N–C) groups is 1. The number of carbonyl (C=O) groups excluding carboxylic acids is 3. The summed E-state index contributed by atoms with van der Waals surface area (Å²) >= 11 is 0. The molecule has 0 atom stereocenters. The molecule has 2 heterocycles. The molecule has 0 fully saturated rings. The van der Waals surface area contributed by atoms with Gasteiger partial charge in [0, 0.05) is 36.6 Å². The second kappa shape index (κ2) is 15.3. The van der Waals surface area contributed by atoms with Gasteiger partial charge < -0.3 is 25.1 Å². The SMILES string of the molecule is CCCCOC(=O)/N=C(\N)c1ccc(NCc2nc3cc(C(=O)N(CCC(=O)OCC)c4ccccn4)ccc3n2C)cc1. The Labute approximate surface area is 255 Å². The lowest BCUT2D eigenvalue weighted by atomic mass is 10.1. The molecule has 0 saturated heterocycles. The zero-order chi connectivity index (χ0) is 31.5. The number of rotatable bonds is 13. The van der Waals surface area contributed by atoms with Gasteiger partial charge in [0.25, 0.3) is 5.91 Å². The summed E-state index contributed by atoms with van der Waals surface area (Å²) in [5.41, 5.74) is 9.34. The van der Waals surface area contributed by atoms with Crippen LogP contribution in [0.2, 0.25) is 0 Å². The highest BCUT2D eigenvalue weighted by atomic mass is 16.5. The number of amides is 2. The average molecular weight is 600 g/mol. The molecule has 2 aromatic heterocycles. The van der Waals surface area contributed by atoms with E-state index in [0.29, 0.717) is 35.6 Å². The average Bonchev–Trinajstić information content (AvgIpc) is 3.35. The topological polar surface area (TPSA) is 154 Å². The van der Waals surface area contributed by atoms with Gasteiger partial charge in [0.1, 0.15) is 17.5 Å². The third-order valence-electron chi connectivity index (χ3n) is 6.80. The van der Waals surface area contributed by atoms with Crippen LogP contribution in [0.25, 0.3) is 11.0 Å². The number of carbonyl (C=O) groups is 3. The lowest BCUT2D eigenvalue weighted by Gasteiger charge is -2.21. The molecule has 4 aromatic rings. The summed E-state index contributed by atoms with van der Waals surface area (Å²) < 4.78 is 12.0. The van der Waals surface area contributed by atoms with Crippen LogP contribution < -0.4 is 16.0 Å². The van der Waals surface area contributed by atoms with E-state index in [2.05, 4.69) is 15.3 Å². The molecule has 0 aliphatic rings. The van der Waals surface area contributed by atoms with Gasteiger partial charge in [0.05, 0.1) is 37.2 Å². The number of pyridine rings is 1. The number of nitrogens with two attached hydrogens (primary N) is 1. The van der Waals surface area contributed by atoms with E-state index in [0.717, 1.165) is 29.9 Å². The molecule has 0 aliphatic heterocycles. The Balaban J connectivity index is 1.45. The summed E-state index contributed by atoms with van der Waals surface area (Å²) in [5.74, 6) is 0.609. The van der Waals surface area contributed by atoms with Gasteiger partial charge in [-0.25, -0.2) is 14.8 Å². The summed E-state index contributed by atoms with van der Waals surface area (Å²) in [6.45, 7) is 4.88. The molecule has 3 N–H and O–H groups in total. The molecule has 2 aromatic carbocycles. The molecule has 0 radical (unpaired) electrons. The van der Waals surface area contributed by atoms with E-state index in [-0.39, 0.29) is 37.3 Å². The number of esters is 1. The Hall–Kier alpha value is -5.26. The number of fused-ring (bicyclic) bond motifs is 1. The van der Waals surface area contributed by atoms with Gasteiger partial charge in [-0.05, 0) is 67.9 Å². The highest BCUT2D eigenvalue weighted by Crippen LogP contribution is 2.21. The third kappa shape index (κ3) is 8.18. The highest BCUT2D eigenvalue weighted by molar-refractivity contribution is 6.07. The fourth-order valence-electron chi connectivity index (χ4n) is 4.41. The fraction of sp³-hybridized carbons (Fsp3) is 0.312. The molecule has 12 nitrogen and oxygen atoms in total. The molecule has 4 rings (SSSR count). The second-order valence-corrected chi connectivity index (χ2v) is 9.89. The maximum Gasteiger partial charge on any atom is 0.435 e.